The summed E-state index contributed by atoms with van der Waals surface area (Å²) in [6.45, 7) is 1.79. The summed E-state index contributed by atoms with van der Waals surface area (Å²) >= 11 is 0. The Kier molecular flexibility index (Phi) is 9.67. The molecular formula is C16H31NO3. The minimum atomic E-state index is -0.530. The predicted octanol–water partition coefficient (Wildman–Crippen LogP) is 2.47. The van der Waals surface area contributed by atoms with Crippen molar-refractivity contribution in [2.75, 3.05) is 19.7 Å². The molecule has 1 aliphatic heterocycles. The van der Waals surface area contributed by atoms with Gasteiger partial charge in [0.2, 0.25) is 5.91 Å². The maximum absolute atomic E-state index is 11.6. The number of amides is 1. The van der Waals surface area contributed by atoms with Gasteiger partial charge in [-0.15, -0.1) is 0 Å². The van der Waals surface area contributed by atoms with Crippen LogP contribution in [0.4, 0.5) is 0 Å². The average Bonchev–Trinajstić information content (AvgIpc) is 2.47. The molecule has 4 nitrogen and oxygen atoms in total. The summed E-state index contributed by atoms with van der Waals surface area (Å²) < 4.78 is 0. The second kappa shape index (κ2) is 11.1. The van der Waals surface area contributed by atoms with Crippen LogP contribution < -0.4 is 0 Å². The van der Waals surface area contributed by atoms with Crippen molar-refractivity contribution in [1.82, 2.24) is 4.90 Å². The van der Waals surface area contributed by atoms with Crippen LogP contribution in [-0.2, 0) is 4.79 Å². The average molecular weight is 285 g/mol. The standard InChI is InChI=1S/C16H31NO3/c18-14-15(19)10-6-4-2-1-3-5-8-12-17-13-9-7-11-16(17)20/h15,18-19H,1-14H2. The van der Waals surface area contributed by atoms with Crippen LogP contribution in [0.2, 0.25) is 0 Å². The normalized spacial score (nSPS) is 17.5. The molecule has 1 fully saturated rings. The summed E-state index contributed by atoms with van der Waals surface area (Å²) in [5.74, 6) is 0.346. The van der Waals surface area contributed by atoms with Crippen LogP contribution in [-0.4, -0.2) is 46.8 Å². The quantitative estimate of drug-likeness (QED) is 0.573. The third-order valence-corrected chi connectivity index (χ3v) is 4.10. The lowest BCUT2D eigenvalue weighted by molar-refractivity contribution is -0.133. The molecule has 0 spiro atoms. The number of carbonyl (C=O) groups is 1. The van der Waals surface area contributed by atoms with Gasteiger partial charge < -0.3 is 15.1 Å². The molecule has 1 atom stereocenters. The fraction of sp³-hybridized carbons (Fsp3) is 0.938. The number of likely N-dealkylation sites (tertiary alicyclic amines) is 1. The molecule has 0 aliphatic carbocycles. The van der Waals surface area contributed by atoms with Crippen LogP contribution in [0.1, 0.15) is 70.6 Å². The Morgan fingerprint density at radius 2 is 1.65 bits per heavy atom. The lowest BCUT2D eigenvalue weighted by atomic mass is 10.1. The van der Waals surface area contributed by atoms with Crippen molar-refractivity contribution in [3.63, 3.8) is 0 Å². The highest BCUT2D eigenvalue weighted by Gasteiger charge is 2.16. The Morgan fingerprint density at radius 3 is 2.30 bits per heavy atom. The molecule has 0 bridgehead atoms. The number of nitrogens with zero attached hydrogens (tertiary/aromatic N) is 1. The van der Waals surface area contributed by atoms with E-state index in [-0.39, 0.29) is 6.61 Å². The first-order chi connectivity index (χ1) is 9.74. The van der Waals surface area contributed by atoms with Crippen LogP contribution in [0.3, 0.4) is 0 Å². The number of rotatable bonds is 11. The van der Waals surface area contributed by atoms with Crippen molar-refractivity contribution in [2.45, 2.75) is 76.7 Å². The topological polar surface area (TPSA) is 60.8 Å². The number of carbonyl (C=O) groups excluding carboxylic acids is 1. The molecule has 0 saturated carbocycles. The molecule has 1 saturated heterocycles. The van der Waals surface area contributed by atoms with Crippen LogP contribution in [0.25, 0.3) is 0 Å². The van der Waals surface area contributed by atoms with E-state index >= 15 is 0 Å². The fourth-order valence-electron chi connectivity index (χ4n) is 2.76. The number of hydrogen-bond donors (Lipinski definition) is 2. The van der Waals surface area contributed by atoms with Gasteiger partial charge in [-0.25, -0.2) is 0 Å². The molecular weight excluding hydrogens is 254 g/mol. The summed E-state index contributed by atoms with van der Waals surface area (Å²) in [6, 6.07) is 0. The largest absolute Gasteiger partial charge is 0.394 e. The van der Waals surface area contributed by atoms with Gasteiger partial charge >= 0.3 is 0 Å². The van der Waals surface area contributed by atoms with Crippen molar-refractivity contribution in [3.05, 3.63) is 0 Å². The van der Waals surface area contributed by atoms with E-state index < -0.39 is 6.10 Å². The number of piperidine rings is 1. The van der Waals surface area contributed by atoms with E-state index in [1.54, 1.807) is 0 Å². The van der Waals surface area contributed by atoms with E-state index in [9.17, 15) is 9.90 Å². The first kappa shape index (κ1) is 17.4. The van der Waals surface area contributed by atoms with Crippen LogP contribution in [0.5, 0.6) is 0 Å². The number of aliphatic hydroxyl groups excluding tert-OH is 2. The van der Waals surface area contributed by atoms with Gasteiger partial charge in [0.1, 0.15) is 0 Å². The van der Waals surface area contributed by atoms with Crippen LogP contribution >= 0.6 is 0 Å². The van der Waals surface area contributed by atoms with E-state index in [0.717, 1.165) is 45.2 Å². The van der Waals surface area contributed by atoms with Gasteiger partial charge in [-0.3, -0.25) is 4.79 Å². The molecule has 0 aromatic carbocycles. The molecule has 1 unspecified atom stereocenters. The maximum Gasteiger partial charge on any atom is 0.222 e. The highest BCUT2D eigenvalue weighted by Crippen LogP contribution is 2.13. The zero-order valence-electron chi connectivity index (χ0n) is 12.7. The molecule has 1 rings (SSSR count). The second-order valence-electron chi connectivity index (χ2n) is 5.94. The van der Waals surface area contributed by atoms with E-state index in [0.29, 0.717) is 12.3 Å². The van der Waals surface area contributed by atoms with E-state index in [1.165, 1.54) is 32.1 Å². The lowest BCUT2D eigenvalue weighted by Gasteiger charge is -2.26. The fourth-order valence-corrected chi connectivity index (χ4v) is 2.76. The SMILES string of the molecule is O=C1CCCCN1CCCCCCCCCC(O)CO. The highest BCUT2D eigenvalue weighted by molar-refractivity contribution is 5.76. The van der Waals surface area contributed by atoms with Gasteiger partial charge in [-0.2, -0.15) is 0 Å². The summed E-state index contributed by atoms with van der Waals surface area (Å²) in [5.41, 5.74) is 0. The van der Waals surface area contributed by atoms with Crippen molar-refractivity contribution in [3.8, 4) is 0 Å². The van der Waals surface area contributed by atoms with Crippen molar-refractivity contribution in [1.29, 1.82) is 0 Å². The Labute approximate surface area is 123 Å². The summed E-state index contributed by atoms with van der Waals surface area (Å²) in [6.07, 6.45) is 11.4. The van der Waals surface area contributed by atoms with Gasteiger partial charge in [0.25, 0.3) is 0 Å². The molecule has 0 radical (unpaired) electrons. The highest BCUT2D eigenvalue weighted by atomic mass is 16.3. The Morgan fingerprint density at radius 1 is 1.00 bits per heavy atom. The zero-order valence-corrected chi connectivity index (χ0v) is 12.7. The summed E-state index contributed by atoms with van der Waals surface area (Å²) in [5, 5.41) is 17.9. The molecule has 4 heteroatoms. The van der Waals surface area contributed by atoms with E-state index in [2.05, 4.69) is 0 Å². The minimum absolute atomic E-state index is 0.116. The molecule has 20 heavy (non-hydrogen) atoms. The predicted molar refractivity (Wildman–Crippen MR) is 80.5 cm³/mol. The Balaban J connectivity index is 1.84. The van der Waals surface area contributed by atoms with Gasteiger partial charge in [0.15, 0.2) is 0 Å². The van der Waals surface area contributed by atoms with Gasteiger partial charge in [-0.1, -0.05) is 38.5 Å². The summed E-state index contributed by atoms with van der Waals surface area (Å²) in [7, 11) is 0. The molecule has 1 aliphatic rings. The third-order valence-electron chi connectivity index (χ3n) is 4.10. The lowest BCUT2D eigenvalue weighted by Crippen LogP contribution is -2.35. The molecule has 2 N–H and O–H groups in total. The first-order valence-corrected chi connectivity index (χ1v) is 8.30. The monoisotopic (exact) mass is 285 g/mol. The first-order valence-electron chi connectivity index (χ1n) is 8.30. The molecule has 0 aromatic rings. The zero-order chi connectivity index (χ0) is 14.6. The van der Waals surface area contributed by atoms with Crippen molar-refractivity contribution < 1.29 is 15.0 Å². The molecule has 1 amide bonds. The summed E-state index contributed by atoms with van der Waals surface area (Å²) in [4.78, 5) is 13.6. The Hall–Kier alpha value is -0.610. The molecule has 118 valence electrons. The molecule has 0 aromatic heterocycles. The van der Waals surface area contributed by atoms with Crippen molar-refractivity contribution >= 4 is 5.91 Å². The minimum Gasteiger partial charge on any atom is -0.394 e. The number of aliphatic hydroxyl groups is 2. The molecule has 1 heterocycles. The van der Waals surface area contributed by atoms with Crippen LogP contribution in [0, 0.1) is 0 Å². The van der Waals surface area contributed by atoms with E-state index in [1.807, 2.05) is 4.90 Å². The van der Waals surface area contributed by atoms with Crippen LogP contribution in [0.15, 0.2) is 0 Å². The van der Waals surface area contributed by atoms with Crippen molar-refractivity contribution in [2.24, 2.45) is 0 Å². The van der Waals surface area contributed by atoms with Gasteiger partial charge in [0.05, 0.1) is 12.7 Å². The Bertz CT molecular complexity index is 258. The maximum atomic E-state index is 11.6. The number of unbranched alkanes of at least 4 members (excludes halogenated alkanes) is 6. The van der Waals surface area contributed by atoms with E-state index in [4.69, 9.17) is 5.11 Å². The van der Waals surface area contributed by atoms with Gasteiger partial charge in [0, 0.05) is 19.5 Å². The smallest absolute Gasteiger partial charge is 0.222 e. The number of hydrogen-bond acceptors (Lipinski definition) is 3. The van der Waals surface area contributed by atoms with Gasteiger partial charge in [-0.05, 0) is 25.7 Å². The third kappa shape index (κ3) is 7.85. The second-order valence-corrected chi connectivity index (χ2v) is 5.94.